The van der Waals surface area contributed by atoms with Crippen molar-refractivity contribution in [2.75, 3.05) is 18.8 Å². The van der Waals surface area contributed by atoms with Crippen molar-refractivity contribution in [3.8, 4) is 33.9 Å². The van der Waals surface area contributed by atoms with Gasteiger partial charge in [0.1, 0.15) is 23.0 Å². The first-order valence-corrected chi connectivity index (χ1v) is 12.9. The Morgan fingerprint density at radius 3 is 2.41 bits per heavy atom. The van der Waals surface area contributed by atoms with Crippen LogP contribution in [0.15, 0.2) is 85.8 Å². The van der Waals surface area contributed by atoms with Crippen LogP contribution in [0.4, 0.5) is 5.82 Å². The van der Waals surface area contributed by atoms with Gasteiger partial charge in [-0.3, -0.25) is 14.2 Å². The highest BCUT2D eigenvalue weighted by molar-refractivity contribution is 6.06. The number of piperidine rings is 1. The van der Waals surface area contributed by atoms with E-state index in [0.29, 0.717) is 18.9 Å². The van der Waals surface area contributed by atoms with Gasteiger partial charge < -0.3 is 15.4 Å². The van der Waals surface area contributed by atoms with Gasteiger partial charge in [0.25, 0.3) is 0 Å². The molecule has 9 nitrogen and oxygen atoms in total. The molecule has 0 spiro atoms. The Labute approximate surface area is 226 Å². The summed E-state index contributed by atoms with van der Waals surface area (Å²) in [5.41, 5.74) is 11.0. The van der Waals surface area contributed by atoms with E-state index in [9.17, 15) is 4.79 Å². The maximum absolute atomic E-state index is 12.2. The molecule has 1 aliphatic rings. The van der Waals surface area contributed by atoms with Gasteiger partial charge in [-0.15, -0.1) is 0 Å². The number of anilines is 1. The van der Waals surface area contributed by atoms with E-state index in [0.717, 1.165) is 57.6 Å². The molecule has 39 heavy (non-hydrogen) atoms. The number of carbonyl (C=O) groups is 1. The summed E-state index contributed by atoms with van der Waals surface area (Å²) in [6.07, 6.45) is 8.50. The minimum atomic E-state index is -0.0400. The lowest BCUT2D eigenvalue weighted by atomic mass is 10.0. The van der Waals surface area contributed by atoms with Gasteiger partial charge in [-0.25, -0.2) is 4.98 Å². The lowest BCUT2D eigenvalue weighted by Crippen LogP contribution is -2.38. The largest absolute Gasteiger partial charge is 0.457 e. The maximum Gasteiger partial charge on any atom is 0.245 e. The molecule has 1 fully saturated rings. The van der Waals surface area contributed by atoms with Crippen molar-refractivity contribution in [2.45, 2.75) is 18.9 Å². The van der Waals surface area contributed by atoms with Gasteiger partial charge in [-0.1, -0.05) is 24.8 Å². The molecule has 4 heterocycles. The summed E-state index contributed by atoms with van der Waals surface area (Å²) < 4.78 is 9.83. The maximum atomic E-state index is 12.2. The minimum Gasteiger partial charge on any atom is -0.457 e. The van der Waals surface area contributed by atoms with Crippen LogP contribution in [0.2, 0.25) is 0 Å². The molecule has 0 saturated carbocycles. The smallest absolute Gasteiger partial charge is 0.245 e. The summed E-state index contributed by atoms with van der Waals surface area (Å²) in [6, 6.07) is 17.6. The number of amides is 1. The third kappa shape index (κ3) is 4.63. The number of likely N-dealkylation sites (tertiary alicyclic amines) is 1. The quantitative estimate of drug-likeness (QED) is 0.308. The first-order valence-electron chi connectivity index (χ1n) is 12.9. The number of fused-ring (bicyclic) bond motifs is 1. The first-order chi connectivity index (χ1) is 19.0. The summed E-state index contributed by atoms with van der Waals surface area (Å²) in [7, 11) is 1.89. The number of benzene rings is 2. The highest BCUT2D eigenvalue weighted by Gasteiger charge is 2.28. The minimum absolute atomic E-state index is 0.0400. The van der Waals surface area contributed by atoms with Crippen molar-refractivity contribution < 1.29 is 9.53 Å². The van der Waals surface area contributed by atoms with E-state index in [1.807, 2.05) is 78.9 Å². The number of aromatic nitrogens is 5. The van der Waals surface area contributed by atoms with Gasteiger partial charge in [-0.05, 0) is 55.3 Å². The Balaban J connectivity index is 1.44. The Bertz CT molecular complexity index is 1650. The summed E-state index contributed by atoms with van der Waals surface area (Å²) >= 11 is 0. The number of nitrogens with two attached hydrogens (primary N) is 1. The summed E-state index contributed by atoms with van der Waals surface area (Å²) in [4.78, 5) is 18.6. The fourth-order valence-electron chi connectivity index (χ4n) is 5.20. The fraction of sp³-hybridized carbons (Fsp3) is 0.200. The number of rotatable bonds is 6. The third-order valence-corrected chi connectivity index (χ3v) is 7.17. The van der Waals surface area contributed by atoms with Crippen molar-refractivity contribution in [3.05, 3.63) is 85.8 Å². The highest BCUT2D eigenvalue weighted by atomic mass is 16.5. The lowest BCUT2D eigenvalue weighted by Gasteiger charge is -2.32. The van der Waals surface area contributed by atoms with Gasteiger partial charge in [0.15, 0.2) is 0 Å². The van der Waals surface area contributed by atoms with E-state index < -0.39 is 0 Å². The topological polar surface area (TPSA) is 104 Å². The zero-order chi connectivity index (χ0) is 26.9. The third-order valence-electron chi connectivity index (χ3n) is 7.17. The second-order valence-corrected chi connectivity index (χ2v) is 9.68. The number of carbonyl (C=O) groups excluding carboxylic acids is 1. The lowest BCUT2D eigenvalue weighted by molar-refractivity contribution is -0.127. The molecule has 0 atom stereocenters. The molecule has 5 aromatic rings. The molecule has 2 aromatic carbocycles. The average molecular weight is 520 g/mol. The van der Waals surface area contributed by atoms with E-state index in [1.165, 1.54) is 6.08 Å². The van der Waals surface area contributed by atoms with E-state index in [-0.39, 0.29) is 11.9 Å². The van der Waals surface area contributed by atoms with E-state index in [1.54, 1.807) is 10.9 Å². The molecule has 1 aliphatic heterocycles. The van der Waals surface area contributed by atoms with Gasteiger partial charge in [0, 0.05) is 49.2 Å². The molecule has 1 saturated heterocycles. The van der Waals surface area contributed by atoms with Crippen LogP contribution >= 0.6 is 0 Å². The Hall–Kier alpha value is -4.92. The van der Waals surface area contributed by atoms with Crippen molar-refractivity contribution in [1.29, 1.82) is 0 Å². The van der Waals surface area contributed by atoms with Gasteiger partial charge >= 0.3 is 0 Å². The first kappa shape index (κ1) is 24.4. The molecule has 0 radical (unpaired) electrons. The molecule has 196 valence electrons. The van der Waals surface area contributed by atoms with Crippen LogP contribution in [0, 0.1) is 0 Å². The highest BCUT2D eigenvalue weighted by Crippen LogP contribution is 2.40. The number of aryl methyl sites for hydroxylation is 1. The second-order valence-electron chi connectivity index (χ2n) is 9.68. The zero-order valence-electron chi connectivity index (χ0n) is 21.7. The molecule has 1 amide bonds. The zero-order valence-corrected chi connectivity index (χ0v) is 21.7. The summed E-state index contributed by atoms with van der Waals surface area (Å²) in [5, 5.41) is 10.3. The van der Waals surface area contributed by atoms with E-state index in [4.69, 9.17) is 15.6 Å². The van der Waals surface area contributed by atoms with Crippen molar-refractivity contribution in [3.63, 3.8) is 0 Å². The molecule has 2 N–H and O–H groups in total. The molecule has 0 unspecified atom stereocenters. The van der Waals surface area contributed by atoms with E-state index >= 15 is 0 Å². The van der Waals surface area contributed by atoms with Crippen LogP contribution in [0.25, 0.3) is 33.3 Å². The number of nitrogen functional groups attached to an aromatic ring is 1. The SMILES string of the molecule is C=CC(=O)N1CCC(n2nc(-c3ccc(Oc4ccccc4)cc3)c3c(N)ncc(-c4cnn(C)c4)c32)CC1. The average Bonchev–Trinajstić information content (AvgIpc) is 3.59. The van der Waals surface area contributed by atoms with Crippen LogP contribution in [0.5, 0.6) is 11.5 Å². The molecule has 3 aromatic heterocycles. The number of ether oxygens (including phenoxy) is 1. The summed E-state index contributed by atoms with van der Waals surface area (Å²) in [6.45, 7) is 4.91. The normalized spacial score (nSPS) is 14.0. The molecule has 0 aliphatic carbocycles. The Morgan fingerprint density at radius 2 is 1.74 bits per heavy atom. The van der Waals surface area contributed by atoms with Crippen molar-refractivity contribution in [2.24, 2.45) is 7.05 Å². The van der Waals surface area contributed by atoms with Crippen LogP contribution in [0.3, 0.4) is 0 Å². The summed E-state index contributed by atoms with van der Waals surface area (Å²) in [5.74, 6) is 1.88. The van der Waals surface area contributed by atoms with Crippen LogP contribution in [-0.2, 0) is 11.8 Å². The molecular weight excluding hydrogens is 490 g/mol. The molecular formula is C30H29N7O2. The number of hydrogen-bond acceptors (Lipinski definition) is 6. The number of nitrogens with zero attached hydrogens (tertiary/aromatic N) is 6. The van der Waals surface area contributed by atoms with Gasteiger partial charge in [0.05, 0.1) is 23.1 Å². The second kappa shape index (κ2) is 10.1. The molecule has 9 heteroatoms. The van der Waals surface area contributed by atoms with Crippen LogP contribution < -0.4 is 10.5 Å². The number of para-hydroxylation sites is 1. The van der Waals surface area contributed by atoms with E-state index in [2.05, 4.69) is 21.3 Å². The van der Waals surface area contributed by atoms with Gasteiger partial charge in [0.2, 0.25) is 5.91 Å². The predicted molar refractivity (Wildman–Crippen MR) is 151 cm³/mol. The Morgan fingerprint density at radius 1 is 1.03 bits per heavy atom. The number of hydrogen-bond donors (Lipinski definition) is 1. The number of pyridine rings is 1. The van der Waals surface area contributed by atoms with Gasteiger partial charge in [-0.2, -0.15) is 10.2 Å². The van der Waals surface area contributed by atoms with Crippen molar-refractivity contribution >= 4 is 22.6 Å². The fourth-order valence-corrected chi connectivity index (χ4v) is 5.20. The standard InChI is InChI=1S/C30H29N7O2/c1-3-26(38)36-15-13-22(14-16-36)37-29-25(21-17-33-35(2)19-21)18-32-30(31)27(29)28(34-37)20-9-11-24(12-10-20)39-23-7-5-4-6-8-23/h3-12,17-19,22H,1,13-16H2,2H3,(H2,31,32). The molecule has 6 rings (SSSR count). The van der Waals surface area contributed by atoms with Crippen molar-refractivity contribution in [1.82, 2.24) is 29.4 Å². The van der Waals surface area contributed by atoms with Crippen LogP contribution in [-0.4, -0.2) is 48.4 Å². The monoisotopic (exact) mass is 519 g/mol. The Kier molecular flexibility index (Phi) is 6.32. The molecule has 0 bridgehead atoms. The van der Waals surface area contributed by atoms with Crippen LogP contribution in [0.1, 0.15) is 18.9 Å². The predicted octanol–water partition coefficient (Wildman–Crippen LogP) is 5.22.